The van der Waals surface area contributed by atoms with Gasteiger partial charge in [-0.2, -0.15) is 4.98 Å². The minimum Gasteiger partial charge on any atom is -0.339 e. The molecule has 0 saturated heterocycles. The molecule has 0 bridgehead atoms. The number of thiazole rings is 1. The van der Waals surface area contributed by atoms with Gasteiger partial charge in [0.05, 0.1) is 10.7 Å². The van der Waals surface area contributed by atoms with Crippen LogP contribution in [0.25, 0.3) is 22.6 Å². The molecule has 1 aliphatic carbocycles. The van der Waals surface area contributed by atoms with Crippen molar-refractivity contribution in [3.05, 3.63) is 40.5 Å². The second kappa shape index (κ2) is 5.07. The van der Waals surface area contributed by atoms with Crippen molar-refractivity contribution >= 4 is 11.3 Å². The molecule has 21 heavy (non-hydrogen) atoms. The van der Waals surface area contributed by atoms with Crippen LogP contribution in [0, 0.1) is 6.92 Å². The van der Waals surface area contributed by atoms with Gasteiger partial charge in [-0.1, -0.05) is 35.8 Å². The number of nitrogens with zero attached hydrogens (tertiary/aromatic N) is 3. The van der Waals surface area contributed by atoms with Crippen LogP contribution in [-0.2, 0) is 0 Å². The molecule has 0 atom stereocenters. The standard InChI is InChI=1S/C16H15N3OS/c1-10-17-14(9-21-10)11-5-7-12(8-6-11)15-18-16(20-19-15)13-3-2-4-13/h5-9,13H,2-4H2,1H3. The maximum atomic E-state index is 5.37. The second-order valence-corrected chi connectivity index (χ2v) is 6.48. The lowest BCUT2D eigenvalue weighted by molar-refractivity contribution is 0.292. The van der Waals surface area contributed by atoms with Crippen LogP contribution < -0.4 is 0 Å². The lowest BCUT2D eigenvalue weighted by atomic mass is 9.85. The number of aryl methyl sites for hydroxylation is 1. The molecule has 2 aromatic heterocycles. The molecule has 0 N–H and O–H groups in total. The Balaban J connectivity index is 1.59. The van der Waals surface area contributed by atoms with Crippen molar-refractivity contribution in [1.29, 1.82) is 0 Å². The molecule has 1 saturated carbocycles. The largest absolute Gasteiger partial charge is 0.339 e. The summed E-state index contributed by atoms with van der Waals surface area (Å²) in [5, 5.41) is 7.25. The van der Waals surface area contributed by atoms with Crippen molar-refractivity contribution < 1.29 is 4.52 Å². The summed E-state index contributed by atoms with van der Waals surface area (Å²) in [6.45, 7) is 2.02. The summed E-state index contributed by atoms with van der Waals surface area (Å²) in [5.74, 6) is 1.94. The predicted octanol–water partition coefficient (Wildman–Crippen LogP) is 4.44. The van der Waals surface area contributed by atoms with Gasteiger partial charge in [0.1, 0.15) is 0 Å². The number of aromatic nitrogens is 3. The predicted molar refractivity (Wildman–Crippen MR) is 82.2 cm³/mol. The van der Waals surface area contributed by atoms with Gasteiger partial charge in [0.2, 0.25) is 11.7 Å². The van der Waals surface area contributed by atoms with Gasteiger partial charge in [-0.3, -0.25) is 0 Å². The van der Waals surface area contributed by atoms with E-state index in [0.717, 1.165) is 27.7 Å². The molecule has 1 aromatic carbocycles. The lowest BCUT2D eigenvalue weighted by Crippen LogP contribution is -2.08. The Morgan fingerprint density at radius 1 is 1.10 bits per heavy atom. The van der Waals surface area contributed by atoms with Gasteiger partial charge in [-0.25, -0.2) is 4.98 Å². The molecule has 4 nitrogen and oxygen atoms in total. The van der Waals surface area contributed by atoms with E-state index in [1.54, 1.807) is 11.3 Å². The van der Waals surface area contributed by atoms with Crippen LogP contribution in [0.15, 0.2) is 34.2 Å². The molecule has 1 aliphatic rings. The van der Waals surface area contributed by atoms with E-state index in [1.165, 1.54) is 19.3 Å². The minimum absolute atomic E-state index is 0.475. The summed E-state index contributed by atoms with van der Waals surface area (Å²) in [4.78, 5) is 9.02. The Morgan fingerprint density at radius 3 is 2.48 bits per heavy atom. The Bertz CT molecular complexity index is 756. The molecule has 1 fully saturated rings. The fourth-order valence-corrected chi connectivity index (χ4v) is 3.08. The van der Waals surface area contributed by atoms with Crippen molar-refractivity contribution in [3.63, 3.8) is 0 Å². The Kier molecular flexibility index (Phi) is 3.07. The van der Waals surface area contributed by atoms with Gasteiger partial charge >= 0.3 is 0 Å². The van der Waals surface area contributed by atoms with E-state index in [4.69, 9.17) is 4.52 Å². The number of rotatable bonds is 3. The first kappa shape index (κ1) is 12.7. The van der Waals surface area contributed by atoms with E-state index in [-0.39, 0.29) is 0 Å². The van der Waals surface area contributed by atoms with E-state index < -0.39 is 0 Å². The van der Waals surface area contributed by atoms with Crippen molar-refractivity contribution in [2.45, 2.75) is 32.1 Å². The zero-order valence-electron chi connectivity index (χ0n) is 11.7. The maximum absolute atomic E-state index is 5.37. The van der Waals surface area contributed by atoms with Gasteiger partial charge < -0.3 is 4.52 Å². The fourth-order valence-electron chi connectivity index (χ4n) is 2.46. The molecule has 0 spiro atoms. The Labute approximate surface area is 126 Å². The second-order valence-electron chi connectivity index (χ2n) is 5.41. The highest BCUT2D eigenvalue weighted by Crippen LogP contribution is 2.36. The topological polar surface area (TPSA) is 51.8 Å². The summed E-state index contributed by atoms with van der Waals surface area (Å²) in [6.07, 6.45) is 3.61. The molecule has 5 heteroatoms. The van der Waals surface area contributed by atoms with Crippen molar-refractivity contribution in [1.82, 2.24) is 15.1 Å². The summed E-state index contributed by atoms with van der Waals surface area (Å²) >= 11 is 1.66. The summed E-state index contributed by atoms with van der Waals surface area (Å²) in [6, 6.07) is 8.17. The molecule has 0 amide bonds. The lowest BCUT2D eigenvalue weighted by Gasteiger charge is -2.20. The van der Waals surface area contributed by atoms with E-state index >= 15 is 0 Å². The third-order valence-corrected chi connectivity index (χ3v) is 4.73. The summed E-state index contributed by atoms with van der Waals surface area (Å²) < 4.78 is 5.37. The van der Waals surface area contributed by atoms with Gasteiger partial charge in [-0.15, -0.1) is 11.3 Å². The van der Waals surface area contributed by atoms with Crippen LogP contribution in [-0.4, -0.2) is 15.1 Å². The SMILES string of the molecule is Cc1nc(-c2ccc(-c3noc(C4CCC4)n3)cc2)cs1. The summed E-state index contributed by atoms with van der Waals surface area (Å²) in [7, 11) is 0. The molecule has 0 radical (unpaired) electrons. The van der Waals surface area contributed by atoms with Gasteiger partial charge in [-0.05, 0) is 19.8 Å². The van der Waals surface area contributed by atoms with Crippen LogP contribution in [0.4, 0.5) is 0 Å². The summed E-state index contributed by atoms with van der Waals surface area (Å²) in [5.41, 5.74) is 3.12. The third kappa shape index (κ3) is 2.38. The molecule has 4 rings (SSSR count). The Hall–Kier alpha value is -2.01. The highest BCUT2D eigenvalue weighted by molar-refractivity contribution is 7.09. The van der Waals surface area contributed by atoms with Gasteiger partial charge in [0.15, 0.2) is 0 Å². The number of hydrogen-bond donors (Lipinski definition) is 0. The average Bonchev–Trinajstić information content (AvgIpc) is 3.07. The van der Waals surface area contributed by atoms with Crippen LogP contribution in [0.1, 0.15) is 36.1 Å². The van der Waals surface area contributed by atoms with E-state index in [1.807, 2.05) is 19.1 Å². The first-order valence-electron chi connectivity index (χ1n) is 7.16. The molecular formula is C16H15N3OS. The minimum atomic E-state index is 0.475. The third-order valence-electron chi connectivity index (χ3n) is 3.95. The van der Waals surface area contributed by atoms with Crippen molar-refractivity contribution in [2.75, 3.05) is 0 Å². The van der Waals surface area contributed by atoms with Gasteiger partial charge in [0, 0.05) is 22.4 Å². The van der Waals surface area contributed by atoms with Crippen LogP contribution in [0.2, 0.25) is 0 Å². The van der Waals surface area contributed by atoms with E-state index in [0.29, 0.717) is 11.7 Å². The zero-order valence-corrected chi connectivity index (χ0v) is 12.6. The molecular weight excluding hydrogens is 282 g/mol. The molecule has 0 aliphatic heterocycles. The van der Waals surface area contributed by atoms with Crippen LogP contribution in [0.5, 0.6) is 0 Å². The zero-order chi connectivity index (χ0) is 14.2. The Morgan fingerprint density at radius 2 is 1.86 bits per heavy atom. The average molecular weight is 297 g/mol. The van der Waals surface area contributed by atoms with Crippen molar-refractivity contribution in [3.8, 4) is 22.6 Å². The van der Waals surface area contributed by atoms with Crippen LogP contribution >= 0.6 is 11.3 Å². The highest BCUT2D eigenvalue weighted by atomic mass is 32.1. The molecule has 0 unspecified atom stereocenters. The monoisotopic (exact) mass is 297 g/mol. The molecule has 3 aromatic rings. The van der Waals surface area contributed by atoms with E-state index in [2.05, 4.69) is 32.6 Å². The molecule has 2 heterocycles. The maximum Gasteiger partial charge on any atom is 0.230 e. The van der Waals surface area contributed by atoms with E-state index in [9.17, 15) is 0 Å². The number of benzene rings is 1. The first-order chi connectivity index (χ1) is 10.3. The first-order valence-corrected chi connectivity index (χ1v) is 8.04. The highest BCUT2D eigenvalue weighted by Gasteiger charge is 2.25. The van der Waals surface area contributed by atoms with Gasteiger partial charge in [0.25, 0.3) is 0 Å². The number of hydrogen-bond acceptors (Lipinski definition) is 5. The van der Waals surface area contributed by atoms with Crippen LogP contribution in [0.3, 0.4) is 0 Å². The quantitative estimate of drug-likeness (QED) is 0.717. The van der Waals surface area contributed by atoms with Crippen molar-refractivity contribution in [2.24, 2.45) is 0 Å². The normalized spacial score (nSPS) is 15.1. The fraction of sp³-hybridized carbons (Fsp3) is 0.312. The molecule has 106 valence electrons. The smallest absolute Gasteiger partial charge is 0.230 e.